The first-order valence-electron chi connectivity index (χ1n) is 6.66. The monoisotopic (exact) mass is 291 g/mol. The van der Waals surface area contributed by atoms with Gasteiger partial charge in [0.05, 0.1) is 28.3 Å². The molecule has 0 aliphatic carbocycles. The minimum Gasteiger partial charge on any atom is -0.393 e. The lowest BCUT2D eigenvalue weighted by Crippen LogP contribution is -2.21. The third-order valence-corrected chi connectivity index (χ3v) is 3.58. The van der Waals surface area contributed by atoms with E-state index in [0.717, 1.165) is 0 Å². The molecule has 1 aromatic carbocycles. The lowest BCUT2D eigenvalue weighted by Gasteiger charge is -2.24. The molecule has 7 nitrogen and oxygen atoms in total. The number of rotatable bonds is 4. The number of H-pyrrole nitrogens is 1. The van der Waals surface area contributed by atoms with Gasteiger partial charge in [0.1, 0.15) is 0 Å². The van der Waals surface area contributed by atoms with Gasteiger partial charge in [0.15, 0.2) is 0 Å². The van der Waals surface area contributed by atoms with Crippen molar-refractivity contribution >= 4 is 16.6 Å². The Hall–Kier alpha value is -2.28. The molecule has 1 heterocycles. The summed E-state index contributed by atoms with van der Waals surface area (Å²) in [6, 6.07) is 2.76. The van der Waals surface area contributed by atoms with Crippen LogP contribution < -0.4 is 5.56 Å². The summed E-state index contributed by atoms with van der Waals surface area (Å²) in [6.07, 6.45) is 0.510. The molecule has 0 fully saturated rings. The third kappa shape index (κ3) is 2.78. The van der Waals surface area contributed by atoms with E-state index in [1.807, 2.05) is 13.8 Å². The number of aromatic nitrogens is 2. The summed E-state index contributed by atoms with van der Waals surface area (Å²) in [4.78, 5) is 29.0. The van der Waals surface area contributed by atoms with Gasteiger partial charge in [-0.3, -0.25) is 14.9 Å². The lowest BCUT2D eigenvalue weighted by atomic mass is 9.83. The van der Waals surface area contributed by atoms with Gasteiger partial charge in [0.2, 0.25) is 0 Å². The number of nitro benzene ring substituents is 1. The highest BCUT2D eigenvalue weighted by atomic mass is 16.6. The number of nitro groups is 1. The standard InChI is InChI=1S/C14H17N3O4/c1-7(2)13(8(3)18)10-4-11-9(5-12(10)17(20)21)14(19)16-6-15-11/h4-8,13,18H,1-3H3,(H,15,16,19). The van der Waals surface area contributed by atoms with Crippen LogP contribution in [0.5, 0.6) is 0 Å². The molecule has 0 radical (unpaired) electrons. The maximum Gasteiger partial charge on any atom is 0.273 e. The fourth-order valence-electron chi connectivity index (χ4n) is 2.72. The van der Waals surface area contributed by atoms with Crippen LogP contribution in [0, 0.1) is 16.0 Å². The van der Waals surface area contributed by atoms with Crippen molar-refractivity contribution < 1.29 is 10.0 Å². The molecule has 0 aliphatic rings. The van der Waals surface area contributed by atoms with Crippen molar-refractivity contribution in [3.05, 3.63) is 44.5 Å². The fourth-order valence-corrected chi connectivity index (χ4v) is 2.72. The van der Waals surface area contributed by atoms with Crippen LogP contribution in [-0.4, -0.2) is 26.1 Å². The summed E-state index contributed by atoms with van der Waals surface area (Å²) in [6.45, 7) is 5.37. The van der Waals surface area contributed by atoms with Gasteiger partial charge in [-0.15, -0.1) is 0 Å². The Morgan fingerprint density at radius 1 is 1.33 bits per heavy atom. The quantitative estimate of drug-likeness (QED) is 0.661. The normalized spacial score (nSPS) is 14.3. The van der Waals surface area contributed by atoms with Gasteiger partial charge in [0, 0.05) is 17.5 Å². The smallest absolute Gasteiger partial charge is 0.273 e. The van der Waals surface area contributed by atoms with E-state index in [4.69, 9.17) is 0 Å². The molecule has 0 saturated carbocycles. The summed E-state index contributed by atoms with van der Waals surface area (Å²) >= 11 is 0. The molecule has 2 N–H and O–H groups in total. The van der Waals surface area contributed by atoms with E-state index in [9.17, 15) is 20.0 Å². The average Bonchev–Trinajstić information content (AvgIpc) is 2.37. The second kappa shape index (κ2) is 5.61. The van der Waals surface area contributed by atoms with Gasteiger partial charge < -0.3 is 10.1 Å². The predicted molar refractivity (Wildman–Crippen MR) is 78.3 cm³/mol. The predicted octanol–water partition coefficient (Wildman–Crippen LogP) is 1.95. The second-order valence-corrected chi connectivity index (χ2v) is 5.43. The van der Waals surface area contributed by atoms with Crippen LogP contribution in [-0.2, 0) is 0 Å². The maximum absolute atomic E-state index is 11.7. The van der Waals surface area contributed by atoms with Crippen molar-refractivity contribution in [1.82, 2.24) is 9.97 Å². The van der Waals surface area contributed by atoms with Crippen molar-refractivity contribution in [2.24, 2.45) is 5.92 Å². The van der Waals surface area contributed by atoms with E-state index in [0.29, 0.717) is 11.1 Å². The SMILES string of the molecule is CC(C)C(c1cc2nc[nH]c(=O)c2cc1[N+](=O)[O-])C(C)O. The number of hydrogen-bond donors (Lipinski definition) is 2. The lowest BCUT2D eigenvalue weighted by molar-refractivity contribution is -0.385. The number of nitrogens with zero attached hydrogens (tertiary/aromatic N) is 2. The van der Waals surface area contributed by atoms with Crippen LogP contribution in [0.25, 0.3) is 10.9 Å². The first-order valence-corrected chi connectivity index (χ1v) is 6.66. The molecule has 2 unspecified atom stereocenters. The first kappa shape index (κ1) is 15.1. The van der Waals surface area contributed by atoms with Gasteiger partial charge in [-0.25, -0.2) is 4.98 Å². The van der Waals surface area contributed by atoms with Gasteiger partial charge in [0.25, 0.3) is 11.2 Å². The topological polar surface area (TPSA) is 109 Å². The number of fused-ring (bicyclic) bond motifs is 1. The minimum absolute atomic E-state index is 0.00291. The Balaban J connectivity index is 2.80. The van der Waals surface area contributed by atoms with Gasteiger partial charge in [-0.2, -0.15) is 0 Å². The molecule has 2 aromatic rings. The minimum atomic E-state index is -0.747. The number of aromatic amines is 1. The highest BCUT2D eigenvalue weighted by Crippen LogP contribution is 2.36. The summed E-state index contributed by atoms with van der Waals surface area (Å²) in [7, 11) is 0. The van der Waals surface area contributed by atoms with Crippen LogP contribution in [0.1, 0.15) is 32.3 Å². The van der Waals surface area contributed by atoms with E-state index in [1.165, 1.54) is 18.5 Å². The molecule has 0 aliphatic heterocycles. The molecule has 21 heavy (non-hydrogen) atoms. The van der Waals surface area contributed by atoms with Gasteiger partial charge in [-0.05, 0) is 18.9 Å². The number of nitrogens with one attached hydrogen (secondary N) is 1. The molecule has 2 atom stereocenters. The molecular formula is C14H17N3O4. The van der Waals surface area contributed by atoms with Crippen LogP contribution in [0.4, 0.5) is 5.69 Å². The van der Waals surface area contributed by atoms with Crippen LogP contribution >= 0.6 is 0 Å². The third-order valence-electron chi connectivity index (χ3n) is 3.58. The largest absolute Gasteiger partial charge is 0.393 e. The highest BCUT2D eigenvalue weighted by molar-refractivity contribution is 5.81. The van der Waals surface area contributed by atoms with E-state index >= 15 is 0 Å². The Morgan fingerprint density at radius 2 is 2.00 bits per heavy atom. The Labute approximate surface area is 120 Å². The van der Waals surface area contributed by atoms with Crippen molar-refractivity contribution in [1.29, 1.82) is 0 Å². The van der Waals surface area contributed by atoms with Crippen LogP contribution in [0.2, 0.25) is 0 Å². The molecule has 7 heteroatoms. The molecule has 1 aromatic heterocycles. The number of hydrogen-bond acceptors (Lipinski definition) is 5. The molecule has 2 rings (SSSR count). The Kier molecular flexibility index (Phi) is 4.04. The van der Waals surface area contributed by atoms with Crippen molar-refractivity contribution in [3.8, 4) is 0 Å². The average molecular weight is 291 g/mol. The zero-order valence-electron chi connectivity index (χ0n) is 12.0. The molecular weight excluding hydrogens is 274 g/mol. The van der Waals surface area contributed by atoms with Gasteiger partial charge in [-0.1, -0.05) is 13.8 Å². The molecule has 112 valence electrons. The number of benzene rings is 1. The van der Waals surface area contributed by atoms with Crippen LogP contribution in [0.3, 0.4) is 0 Å². The summed E-state index contributed by atoms with van der Waals surface area (Å²) in [5, 5.41) is 21.4. The van der Waals surface area contributed by atoms with Gasteiger partial charge >= 0.3 is 0 Å². The molecule has 0 amide bonds. The summed E-state index contributed by atoms with van der Waals surface area (Å²) in [5.74, 6) is -0.404. The maximum atomic E-state index is 11.7. The van der Waals surface area contributed by atoms with Crippen molar-refractivity contribution in [2.75, 3.05) is 0 Å². The van der Waals surface area contributed by atoms with Crippen molar-refractivity contribution in [2.45, 2.75) is 32.8 Å². The molecule has 0 bridgehead atoms. The van der Waals surface area contributed by atoms with E-state index in [-0.39, 0.29) is 17.0 Å². The Morgan fingerprint density at radius 3 is 2.52 bits per heavy atom. The van der Waals surface area contributed by atoms with E-state index in [2.05, 4.69) is 9.97 Å². The fraction of sp³-hybridized carbons (Fsp3) is 0.429. The number of aliphatic hydroxyl groups excluding tert-OH is 1. The van der Waals surface area contributed by atoms with E-state index < -0.39 is 22.5 Å². The highest BCUT2D eigenvalue weighted by Gasteiger charge is 2.29. The zero-order valence-corrected chi connectivity index (χ0v) is 12.0. The summed E-state index contributed by atoms with van der Waals surface area (Å²) in [5.41, 5.74) is 0.189. The first-order chi connectivity index (χ1) is 9.82. The Bertz CT molecular complexity index is 729. The number of aliphatic hydroxyl groups is 1. The summed E-state index contributed by atoms with van der Waals surface area (Å²) < 4.78 is 0. The molecule has 0 spiro atoms. The zero-order chi connectivity index (χ0) is 15.7. The van der Waals surface area contributed by atoms with E-state index in [1.54, 1.807) is 6.92 Å². The second-order valence-electron chi connectivity index (χ2n) is 5.43. The molecule has 0 saturated heterocycles. The van der Waals surface area contributed by atoms with Crippen LogP contribution in [0.15, 0.2) is 23.3 Å². The van der Waals surface area contributed by atoms with Crippen molar-refractivity contribution in [3.63, 3.8) is 0 Å².